The van der Waals surface area contributed by atoms with Crippen LogP contribution in [0.1, 0.15) is 10.4 Å². The van der Waals surface area contributed by atoms with Gasteiger partial charge < -0.3 is 61.6 Å². The van der Waals surface area contributed by atoms with Crippen molar-refractivity contribution in [1.29, 1.82) is 0 Å². The lowest BCUT2D eigenvalue weighted by atomic mass is 10.2. The summed E-state index contributed by atoms with van der Waals surface area (Å²) in [5.41, 5.74) is 0.521. The van der Waals surface area contributed by atoms with Crippen LogP contribution in [0.25, 0.3) is 0 Å². The highest BCUT2D eigenvalue weighted by atomic mass is 16.6. The number of esters is 2. The van der Waals surface area contributed by atoms with Crippen molar-refractivity contribution in [3.8, 4) is 0 Å². The summed E-state index contributed by atoms with van der Waals surface area (Å²) in [4.78, 5) is 22.6. The molecular formula is C32H54O15. The Balaban J connectivity index is 1.64. The molecule has 0 fully saturated rings. The number of carbonyl (C=O) groups is 2. The second-order valence-corrected chi connectivity index (χ2v) is 9.25. The van der Waals surface area contributed by atoms with Crippen LogP contribution in [0.5, 0.6) is 0 Å². The molecule has 0 aromatic heterocycles. The Bertz CT molecular complexity index is 815. The molecule has 1 aromatic carbocycles. The largest absolute Gasteiger partial charge is 0.467 e. The van der Waals surface area contributed by atoms with Crippen molar-refractivity contribution in [2.45, 2.75) is 0 Å². The first-order valence-corrected chi connectivity index (χ1v) is 15.9. The van der Waals surface area contributed by atoms with Gasteiger partial charge in [0, 0.05) is 0 Å². The van der Waals surface area contributed by atoms with Gasteiger partial charge in [0.05, 0.1) is 151 Å². The van der Waals surface area contributed by atoms with Gasteiger partial charge in [-0.1, -0.05) is 18.2 Å². The van der Waals surface area contributed by atoms with Crippen molar-refractivity contribution in [3.05, 3.63) is 35.9 Å². The molecule has 15 heteroatoms. The quantitative estimate of drug-likeness (QED) is 0.0737. The molecule has 1 aromatic rings. The molecule has 0 aliphatic carbocycles. The summed E-state index contributed by atoms with van der Waals surface area (Å²) in [5, 5.41) is 0. The van der Waals surface area contributed by atoms with Gasteiger partial charge in [-0.15, -0.1) is 0 Å². The zero-order chi connectivity index (χ0) is 33.7. The number of hydrogen-bond acceptors (Lipinski definition) is 15. The molecule has 0 radical (unpaired) electrons. The maximum atomic E-state index is 11.8. The van der Waals surface area contributed by atoms with E-state index in [9.17, 15) is 9.59 Å². The Kier molecular flexibility index (Phi) is 31.9. The van der Waals surface area contributed by atoms with Crippen molar-refractivity contribution >= 4 is 11.9 Å². The zero-order valence-corrected chi connectivity index (χ0v) is 27.8. The Morgan fingerprint density at radius 3 is 0.979 bits per heavy atom. The van der Waals surface area contributed by atoms with Crippen LogP contribution in [-0.4, -0.2) is 171 Å². The predicted octanol–water partition coefficient (Wildman–Crippen LogP) is 1.20. The highest BCUT2D eigenvalue weighted by molar-refractivity contribution is 5.89. The minimum atomic E-state index is -0.412. The topological polar surface area (TPSA) is 154 Å². The highest BCUT2D eigenvalue weighted by Crippen LogP contribution is 2.00. The Hall–Kier alpha value is -2.28. The van der Waals surface area contributed by atoms with Crippen LogP contribution in [0.15, 0.2) is 30.3 Å². The van der Waals surface area contributed by atoms with Crippen LogP contribution in [0, 0.1) is 0 Å². The molecule has 0 heterocycles. The van der Waals surface area contributed by atoms with Gasteiger partial charge in [0.2, 0.25) is 0 Å². The monoisotopic (exact) mass is 678 g/mol. The van der Waals surface area contributed by atoms with Crippen molar-refractivity contribution in [1.82, 2.24) is 0 Å². The summed E-state index contributed by atoms with van der Waals surface area (Å²) in [7, 11) is 1.31. The molecule has 1 rings (SSSR count). The van der Waals surface area contributed by atoms with Gasteiger partial charge in [-0.05, 0) is 12.1 Å². The molecule has 0 aliphatic heterocycles. The third kappa shape index (κ3) is 30.8. The fraction of sp³-hybridized carbons (Fsp3) is 0.750. The fourth-order valence-corrected chi connectivity index (χ4v) is 3.26. The van der Waals surface area contributed by atoms with Gasteiger partial charge in [0.1, 0.15) is 13.2 Å². The van der Waals surface area contributed by atoms with E-state index in [2.05, 4.69) is 4.74 Å². The zero-order valence-electron chi connectivity index (χ0n) is 27.8. The Morgan fingerprint density at radius 2 is 0.681 bits per heavy atom. The van der Waals surface area contributed by atoms with Crippen LogP contribution >= 0.6 is 0 Å². The minimum absolute atomic E-state index is 0.0748. The average molecular weight is 679 g/mol. The standard InChI is InChI=1S/C32H54O15/c1-35-31(33)29-46-26-25-44-22-21-42-18-17-40-14-13-38-10-9-36-7-8-37-11-12-39-15-16-41-19-20-43-23-24-45-27-28-47-32(34)30-5-3-2-4-6-30/h2-6H,7-29H2,1H3. The van der Waals surface area contributed by atoms with Gasteiger partial charge >= 0.3 is 11.9 Å². The molecule has 272 valence electrons. The van der Waals surface area contributed by atoms with Gasteiger partial charge in [-0.2, -0.15) is 0 Å². The van der Waals surface area contributed by atoms with E-state index in [0.717, 1.165) is 0 Å². The molecule has 15 nitrogen and oxygen atoms in total. The summed E-state index contributed by atoms with van der Waals surface area (Å²) >= 11 is 0. The normalized spacial score (nSPS) is 11.2. The van der Waals surface area contributed by atoms with E-state index in [4.69, 9.17) is 56.8 Å². The van der Waals surface area contributed by atoms with Crippen molar-refractivity contribution in [3.63, 3.8) is 0 Å². The molecule has 0 bridgehead atoms. The molecule has 0 saturated heterocycles. The molecule has 0 spiro atoms. The summed E-state index contributed by atoms with van der Waals surface area (Å²) < 4.78 is 68.9. The highest BCUT2D eigenvalue weighted by Gasteiger charge is 2.05. The van der Waals surface area contributed by atoms with E-state index in [1.807, 2.05) is 6.07 Å². The first-order valence-electron chi connectivity index (χ1n) is 15.9. The van der Waals surface area contributed by atoms with Gasteiger partial charge in [0.15, 0.2) is 0 Å². The number of rotatable bonds is 36. The second kappa shape index (κ2) is 35.0. The van der Waals surface area contributed by atoms with Crippen molar-refractivity contribution < 1.29 is 71.2 Å². The Morgan fingerprint density at radius 1 is 0.404 bits per heavy atom. The first-order chi connectivity index (χ1) is 23.2. The van der Waals surface area contributed by atoms with Gasteiger partial charge in [0.25, 0.3) is 0 Å². The summed E-state index contributed by atoms with van der Waals surface area (Å²) in [6, 6.07) is 8.83. The van der Waals surface area contributed by atoms with E-state index >= 15 is 0 Å². The number of ether oxygens (including phenoxy) is 13. The second-order valence-electron chi connectivity index (χ2n) is 9.25. The van der Waals surface area contributed by atoms with E-state index in [0.29, 0.717) is 144 Å². The number of carbonyl (C=O) groups excluding carboxylic acids is 2. The molecular weight excluding hydrogens is 624 g/mol. The first kappa shape index (κ1) is 42.7. The van der Waals surface area contributed by atoms with Crippen LogP contribution in [0.2, 0.25) is 0 Å². The van der Waals surface area contributed by atoms with Crippen molar-refractivity contribution in [2.75, 3.05) is 159 Å². The smallest absolute Gasteiger partial charge is 0.338 e. The van der Waals surface area contributed by atoms with Crippen LogP contribution in [0.3, 0.4) is 0 Å². The molecule has 0 N–H and O–H groups in total. The molecule has 0 amide bonds. The lowest BCUT2D eigenvalue weighted by molar-refractivity contribution is -0.146. The minimum Gasteiger partial charge on any atom is -0.467 e. The van der Waals surface area contributed by atoms with Gasteiger partial charge in [-0.3, -0.25) is 0 Å². The van der Waals surface area contributed by atoms with Crippen LogP contribution < -0.4 is 0 Å². The maximum absolute atomic E-state index is 11.8. The van der Waals surface area contributed by atoms with Crippen LogP contribution in [-0.2, 0) is 66.4 Å². The number of hydrogen-bond donors (Lipinski definition) is 0. The van der Waals surface area contributed by atoms with E-state index in [1.165, 1.54) is 7.11 Å². The summed E-state index contributed by atoms with van der Waals surface area (Å²) in [6.45, 7) is 9.58. The summed E-state index contributed by atoms with van der Waals surface area (Å²) in [5.74, 6) is -0.772. The lowest BCUT2D eigenvalue weighted by Crippen LogP contribution is -2.16. The molecule has 0 unspecified atom stereocenters. The lowest BCUT2D eigenvalue weighted by Gasteiger charge is -2.09. The number of methoxy groups -OCH3 is 1. The molecule has 0 atom stereocenters. The predicted molar refractivity (Wildman–Crippen MR) is 168 cm³/mol. The third-order valence-electron chi connectivity index (χ3n) is 5.64. The SMILES string of the molecule is COC(=O)COCCOCCOCCOCCOCCOCCOCCOCCOCCOCCOCCOC(=O)c1ccccc1. The van der Waals surface area contributed by atoms with E-state index in [1.54, 1.807) is 24.3 Å². The van der Waals surface area contributed by atoms with E-state index < -0.39 is 5.97 Å². The average Bonchev–Trinajstić information content (AvgIpc) is 3.10. The third-order valence-corrected chi connectivity index (χ3v) is 5.64. The summed E-state index contributed by atoms with van der Waals surface area (Å²) in [6.07, 6.45) is 0. The van der Waals surface area contributed by atoms with Gasteiger partial charge in [-0.25, -0.2) is 9.59 Å². The molecule has 0 aliphatic rings. The fourth-order valence-electron chi connectivity index (χ4n) is 3.26. The van der Waals surface area contributed by atoms with E-state index in [-0.39, 0.29) is 19.2 Å². The maximum Gasteiger partial charge on any atom is 0.338 e. The number of benzene rings is 1. The molecule has 47 heavy (non-hydrogen) atoms. The van der Waals surface area contributed by atoms with Crippen LogP contribution in [0.4, 0.5) is 0 Å². The molecule has 0 saturated carbocycles. The van der Waals surface area contributed by atoms with Crippen molar-refractivity contribution in [2.24, 2.45) is 0 Å². The Labute approximate surface area is 278 Å².